The van der Waals surface area contributed by atoms with Gasteiger partial charge in [-0.05, 0) is 6.92 Å². The summed E-state index contributed by atoms with van der Waals surface area (Å²) in [5.41, 5.74) is -2.57. The topological polar surface area (TPSA) is 56.0 Å². The van der Waals surface area contributed by atoms with Gasteiger partial charge >= 0.3 is 6.18 Å². The minimum atomic E-state index is -4.63. The first kappa shape index (κ1) is 11.2. The Hall–Kier alpha value is -0.800. The zero-order valence-corrected chi connectivity index (χ0v) is 6.44. The quantitative estimate of drug-likeness (QED) is 0.664. The van der Waals surface area contributed by atoms with Crippen LogP contribution in [-0.4, -0.2) is 30.0 Å². The second-order valence-corrected chi connectivity index (χ2v) is 2.38. The first-order valence-electron chi connectivity index (χ1n) is 3.21. The maximum Gasteiger partial charge on any atom is 0.419 e. The van der Waals surface area contributed by atoms with Gasteiger partial charge in [0.05, 0.1) is 12.7 Å². The van der Waals surface area contributed by atoms with Crippen molar-refractivity contribution in [2.24, 2.45) is 0 Å². The molecule has 0 aromatic heterocycles. The molecule has 1 atom stereocenters. The molecule has 0 aromatic carbocycles. The van der Waals surface area contributed by atoms with Crippen molar-refractivity contribution in [1.82, 2.24) is 5.32 Å². The molecule has 0 heterocycles. The van der Waals surface area contributed by atoms with E-state index in [-0.39, 0.29) is 6.54 Å². The molecular formula is C6H9F3N2O. The average Bonchev–Trinajstić information content (AvgIpc) is 1.98. The van der Waals surface area contributed by atoms with E-state index in [0.717, 1.165) is 13.0 Å². The van der Waals surface area contributed by atoms with E-state index in [0.29, 0.717) is 0 Å². The molecule has 0 saturated carbocycles. The van der Waals surface area contributed by atoms with Gasteiger partial charge in [0.15, 0.2) is 5.54 Å². The van der Waals surface area contributed by atoms with Crippen molar-refractivity contribution in [3.8, 4) is 6.07 Å². The molecular weight excluding hydrogens is 173 g/mol. The van der Waals surface area contributed by atoms with Crippen LogP contribution in [0.5, 0.6) is 0 Å². The lowest BCUT2D eigenvalue weighted by Gasteiger charge is -2.25. The van der Waals surface area contributed by atoms with Gasteiger partial charge in [0, 0.05) is 6.54 Å². The van der Waals surface area contributed by atoms with Gasteiger partial charge in [0.1, 0.15) is 0 Å². The molecule has 3 nitrogen and oxygen atoms in total. The number of halogens is 3. The number of hydrogen-bond acceptors (Lipinski definition) is 3. The van der Waals surface area contributed by atoms with Crippen molar-refractivity contribution in [3.63, 3.8) is 0 Å². The first-order valence-corrected chi connectivity index (χ1v) is 3.21. The Morgan fingerprint density at radius 2 is 2.00 bits per heavy atom. The third-order valence-corrected chi connectivity index (χ3v) is 1.38. The molecule has 0 aliphatic heterocycles. The van der Waals surface area contributed by atoms with Crippen molar-refractivity contribution in [3.05, 3.63) is 0 Å². The van der Waals surface area contributed by atoms with Crippen LogP contribution in [0.3, 0.4) is 0 Å². The fraction of sp³-hybridized carbons (Fsp3) is 0.833. The molecule has 6 heteroatoms. The number of aliphatic hydroxyl groups is 1. The molecule has 0 saturated heterocycles. The van der Waals surface area contributed by atoms with Gasteiger partial charge in [-0.2, -0.15) is 18.4 Å². The second-order valence-electron chi connectivity index (χ2n) is 2.38. The SMILES string of the molecule is CC(C#N)(NCCO)C(F)(F)F. The van der Waals surface area contributed by atoms with Gasteiger partial charge < -0.3 is 5.11 Å². The third-order valence-electron chi connectivity index (χ3n) is 1.38. The van der Waals surface area contributed by atoms with Crippen LogP contribution in [0.15, 0.2) is 0 Å². The first-order chi connectivity index (χ1) is 5.37. The molecule has 0 radical (unpaired) electrons. The van der Waals surface area contributed by atoms with Crippen LogP contribution in [0.25, 0.3) is 0 Å². The molecule has 12 heavy (non-hydrogen) atoms. The number of nitrogens with zero attached hydrogens (tertiary/aromatic N) is 1. The molecule has 70 valence electrons. The highest BCUT2D eigenvalue weighted by Crippen LogP contribution is 2.28. The number of rotatable bonds is 3. The summed E-state index contributed by atoms with van der Waals surface area (Å²) >= 11 is 0. The second kappa shape index (κ2) is 3.74. The van der Waals surface area contributed by atoms with Crippen LogP contribution >= 0.6 is 0 Å². The average molecular weight is 182 g/mol. The Balaban J connectivity index is 4.38. The summed E-state index contributed by atoms with van der Waals surface area (Å²) in [6.45, 7) is 0.0274. The van der Waals surface area contributed by atoms with Gasteiger partial charge in [-0.3, -0.25) is 5.32 Å². The number of aliphatic hydroxyl groups excluding tert-OH is 1. The summed E-state index contributed by atoms with van der Waals surface area (Å²) in [6.07, 6.45) is -4.63. The smallest absolute Gasteiger partial charge is 0.395 e. The van der Waals surface area contributed by atoms with E-state index in [9.17, 15) is 13.2 Å². The number of nitriles is 1. The minimum Gasteiger partial charge on any atom is -0.395 e. The molecule has 1 unspecified atom stereocenters. The molecule has 0 spiro atoms. The molecule has 0 amide bonds. The third kappa shape index (κ3) is 2.36. The number of hydrogen-bond donors (Lipinski definition) is 2. The Labute approximate surface area is 67.8 Å². The highest BCUT2D eigenvalue weighted by Gasteiger charge is 2.51. The van der Waals surface area contributed by atoms with Gasteiger partial charge in [-0.15, -0.1) is 0 Å². The minimum absolute atomic E-state index is 0.260. The fourth-order valence-corrected chi connectivity index (χ4v) is 0.509. The predicted octanol–water partition coefficient (Wildman–Crippen LogP) is 0.413. The maximum absolute atomic E-state index is 12.1. The fourth-order valence-electron chi connectivity index (χ4n) is 0.509. The van der Waals surface area contributed by atoms with Crippen molar-refractivity contribution in [1.29, 1.82) is 5.26 Å². The molecule has 0 aliphatic carbocycles. The molecule has 0 aromatic rings. The number of β-amino-alcohol motifs (C(OH)–C–C–N with tert-alkyl or cyclic N) is 1. The zero-order valence-electron chi connectivity index (χ0n) is 6.44. The van der Waals surface area contributed by atoms with E-state index in [1.54, 1.807) is 0 Å². The summed E-state index contributed by atoms with van der Waals surface area (Å²) in [4.78, 5) is 0. The Morgan fingerprint density at radius 3 is 2.25 bits per heavy atom. The molecule has 0 bridgehead atoms. The largest absolute Gasteiger partial charge is 0.419 e. The van der Waals surface area contributed by atoms with Crippen molar-refractivity contribution < 1.29 is 18.3 Å². The normalized spacial score (nSPS) is 16.7. The molecule has 0 aliphatic rings. The van der Waals surface area contributed by atoms with E-state index < -0.39 is 18.3 Å². The van der Waals surface area contributed by atoms with Crippen molar-refractivity contribution >= 4 is 0 Å². The van der Waals surface area contributed by atoms with Crippen LogP contribution in [0.2, 0.25) is 0 Å². The van der Waals surface area contributed by atoms with Gasteiger partial charge in [0.25, 0.3) is 0 Å². The van der Waals surface area contributed by atoms with Crippen LogP contribution in [0, 0.1) is 11.3 Å². The lowest BCUT2D eigenvalue weighted by Crippen LogP contribution is -2.54. The lowest BCUT2D eigenvalue weighted by molar-refractivity contribution is -0.174. The highest BCUT2D eigenvalue weighted by molar-refractivity contribution is 5.09. The van der Waals surface area contributed by atoms with Gasteiger partial charge in [-0.25, -0.2) is 0 Å². The summed E-state index contributed by atoms with van der Waals surface area (Å²) in [7, 11) is 0. The summed E-state index contributed by atoms with van der Waals surface area (Å²) < 4.78 is 36.2. The monoisotopic (exact) mass is 182 g/mol. The highest BCUT2D eigenvalue weighted by atomic mass is 19.4. The molecule has 2 N–H and O–H groups in total. The summed E-state index contributed by atoms with van der Waals surface area (Å²) in [5, 5.41) is 18.4. The van der Waals surface area contributed by atoms with Crippen LogP contribution in [0.1, 0.15) is 6.92 Å². The van der Waals surface area contributed by atoms with E-state index in [2.05, 4.69) is 0 Å². The van der Waals surface area contributed by atoms with Gasteiger partial charge in [0.2, 0.25) is 0 Å². The van der Waals surface area contributed by atoms with Crippen molar-refractivity contribution in [2.75, 3.05) is 13.2 Å². The van der Waals surface area contributed by atoms with Gasteiger partial charge in [-0.1, -0.05) is 0 Å². The predicted molar refractivity (Wildman–Crippen MR) is 35.2 cm³/mol. The number of alkyl halides is 3. The van der Waals surface area contributed by atoms with Crippen molar-refractivity contribution in [2.45, 2.75) is 18.6 Å². The van der Waals surface area contributed by atoms with E-state index in [1.165, 1.54) is 0 Å². The van der Waals surface area contributed by atoms with Crippen LogP contribution in [0.4, 0.5) is 13.2 Å². The maximum atomic E-state index is 12.1. The molecule has 0 fully saturated rings. The standard InChI is InChI=1S/C6H9F3N2O/c1-5(4-10,6(7,8)9)11-2-3-12/h11-12H,2-3H2,1H3. The number of nitrogens with one attached hydrogen (secondary N) is 1. The van der Waals surface area contributed by atoms with E-state index in [4.69, 9.17) is 10.4 Å². The Kier molecular flexibility index (Phi) is 3.49. The Morgan fingerprint density at radius 1 is 1.50 bits per heavy atom. The lowest BCUT2D eigenvalue weighted by atomic mass is 10.0. The van der Waals surface area contributed by atoms with E-state index >= 15 is 0 Å². The summed E-state index contributed by atoms with van der Waals surface area (Å²) in [5.74, 6) is 0. The van der Waals surface area contributed by atoms with E-state index in [1.807, 2.05) is 5.32 Å². The molecule has 0 rings (SSSR count). The van der Waals surface area contributed by atoms with Crippen LogP contribution < -0.4 is 5.32 Å². The Bertz CT molecular complexity index is 186. The van der Waals surface area contributed by atoms with Crippen LogP contribution in [-0.2, 0) is 0 Å². The summed E-state index contributed by atoms with van der Waals surface area (Å²) in [6, 6.07) is 1.11. The zero-order chi connectivity index (χ0) is 9.83.